The van der Waals surface area contributed by atoms with Gasteiger partial charge in [-0.1, -0.05) is 0 Å². The number of rotatable bonds is 4. The molecule has 0 aliphatic carbocycles. The molecule has 0 unspecified atom stereocenters. The van der Waals surface area contributed by atoms with Gasteiger partial charge in [-0.05, 0) is 41.9 Å². The maximum Gasteiger partial charge on any atom is 0.358 e. The Hall–Kier alpha value is -1.89. The minimum Gasteiger partial charge on any atom is -0.485 e. The Morgan fingerprint density at radius 1 is 1.45 bits per heavy atom. The zero-order chi connectivity index (χ0) is 14.9. The van der Waals surface area contributed by atoms with Crippen LogP contribution in [0.4, 0.5) is 0 Å². The van der Waals surface area contributed by atoms with Crippen molar-refractivity contribution < 1.29 is 14.6 Å². The zero-order valence-electron chi connectivity index (χ0n) is 11.3. The molecule has 20 heavy (non-hydrogen) atoms. The highest BCUT2D eigenvalue weighted by Crippen LogP contribution is 2.23. The smallest absolute Gasteiger partial charge is 0.358 e. The first kappa shape index (κ1) is 14.5. The van der Waals surface area contributed by atoms with E-state index in [4.69, 9.17) is 9.84 Å². The summed E-state index contributed by atoms with van der Waals surface area (Å²) in [6, 6.07) is 3.33. The monoisotopic (exact) mass is 339 g/mol. The first-order valence-electron chi connectivity index (χ1n) is 5.92. The topological polar surface area (TPSA) is 77.2 Å². The number of carboxylic acid groups (broad SMARTS) is 1. The van der Waals surface area contributed by atoms with Gasteiger partial charge in [0.25, 0.3) is 0 Å². The van der Waals surface area contributed by atoms with Crippen molar-refractivity contribution in [2.24, 2.45) is 7.05 Å². The van der Waals surface area contributed by atoms with Crippen LogP contribution in [-0.4, -0.2) is 25.8 Å². The molecule has 6 nitrogen and oxygen atoms in total. The van der Waals surface area contributed by atoms with Gasteiger partial charge in [-0.15, -0.1) is 0 Å². The van der Waals surface area contributed by atoms with Crippen molar-refractivity contribution in [3.8, 4) is 5.75 Å². The summed E-state index contributed by atoms with van der Waals surface area (Å²) in [4.78, 5) is 15.1. The molecule has 106 valence electrons. The van der Waals surface area contributed by atoms with Gasteiger partial charge in [0.1, 0.15) is 6.61 Å². The Bertz CT molecular complexity index is 667. The first-order chi connectivity index (χ1) is 9.40. The molecule has 2 heterocycles. The van der Waals surface area contributed by atoms with E-state index in [0.29, 0.717) is 5.69 Å². The van der Waals surface area contributed by atoms with E-state index >= 15 is 0 Å². The van der Waals surface area contributed by atoms with Crippen LogP contribution in [0.3, 0.4) is 0 Å². The second kappa shape index (κ2) is 5.62. The second-order valence-electron chi connectivity index (χ2n) is 4.36. The SMILES string of the molecule is Cc1ccc(OCc2c(Br)c(C)nn2C)c(C(=O)O)n1. The number of carbonyl (C=O) groups is 1. The lowest BCUT2D eigenvalue weighted by Gasteiger charge is -2.09. The first-order valence-corrected chi connectivity index (χ1v) is 6.71. The number of aromatic carboxylic acids is 1. The summed E-state index contributed by atoms with van der Waals surface area (Å²) in [5.41, 5.74) is 2.23. The maximum atomic E-state index is 11.2. The van der Waals surface area contributed by atoms with Crippen molar-refractivity contribution in [2.45, 2.75) is 20.5 Å². The molecule has 7 heteroatoms. The summed E-state index contributed by atoms with van der Waals surface area (Å²) in [5.74, 6) is -0.863. The van der Waals surface area contributed by atoms with Gasteiger partial charge in [0.15, 0.2) is 11.4 Å². The van der Waals surface area contributed by atoms with E-state index in [0.717, 1.165) is 15.9 Å². The van der Waals surface area contributed by atoms with Crippen molar-refractivity contribution >= 4 is 21.9 Å². The number of hydrogen-bond acceptors (Lipinski definition) is 4. The van der Waals surface area contributed by atoms with Gasteiger partial charge < -0.3 is 9.84 Å². The van der Waals surface area contributed by atoms with Crippen LogP contribution in [0.15, 0.2) is 16.6 Å². The summed E-state index contributed by atoms with van der Waals surface area (Å²) in [6.45, 7) is 3.82. The van der Waals surface area contributed by atoms with Gasteiger partial charge >= 0.3 is 5.97 Å². The molecule has 0 aliphatic heterocycles. The molecule has 0 aromatic carbocycles. The lowest BCUT2D eigenvalue weighted by Crippen LogP contribution is -2.09. The normalized spacial score (nSPS) is 10.6. The Balaban J connectivity index is 2.25. The van der Waals surface area contributed by atoms with Crippen LogP contribution in [0.25, 0.3) is 0 Å². The number of hydrogen-bond donors (Lipinski definition) is 1. The van der Waals surface area contributed by atoms with E-state index in [1.165, 1.54) is 0 Å². The number of aromatic nitrogens is 3. The molecular weight excluding hydrogens is 326 g/mol. The number of carboxylic acids is 1. The zero-order valence-corrected chi connectivity index (χ0v) is 12.9. The quantitative estimate of drug-likeness (QED) is 0.925. The van der Waals surface area contributed by atoms with Gasteiger partial charge in [-0.2, -0.15) is 5.10 Å². The predicted molar refractivity (Wildman–Crippen MR) is 75.9 cm³/mol. The van der Waals surface area contributed by atoms with Crippen LogP contribution < -0.4 is 4.74 Å². The molecular formula is C13H14BrN3O3. The lowest BCUT2D eigenvalue weighted by atomic mass is 10.3. The minimum atomic E-state index is -1.11. The average molecular weight is 340 g/mol. The summed E-state index contributed by atoms with van der Waals surface area (Å²) in [6.07, 6.45) is 0. The molecule has 0 fully saturated rings. The standard InChI is InChI=1S/C13H14BrN3O3/c1-7-4-5-10(12(15-7)13(18)19)20-6-9-11(14)8(2)16-17(9)3/h4-5H,6H2,1-3H3,(H,18,19). The number of pyridine rings is 1. The molecule has 2 rings (SSSR count). The third kappa shape index (κ3) is 2.82. The number of halogens is 1. The highest BCUT2D eigenvalue weighted by Gasteiger charge is 2.16. The van der Waals surface area contributed by atoms with Crippen LogP contribution >= 0.6 is 15.9 Å². The third-order valence-electron chi connectivity index (χ3n) is 2.83. The minimum absolute atomic E-state index is 0.0833. The summed E-state index contributed by atoms with van der Waals surface area (Å²) in [5, 5.41) is 13.4. The van der Waals surface area contributed by atoms with E-state index in [9.17, 15) is 4.79 Å². The van der Waals surface area contributed by atoms with Crippen molar-refractivity contribution in [1.82, 2.24) is 14.8 Å². The molecule has 0 radical (unpaired) electrons. The molecule has 0 bridgehead atoms. The van der Waals surface area contributed by atoms with Crippen molar-refractivity contribution in [3.63, 3.8) is 0 Å². The van der Waals surface area contributed by atoms with Crippen molar-refractivity contribution in [3.05, 3.63) is 39.4 Å². The predicted octanol–water partition coefficient (Wildman–Crippen LogP) is 2.47. The average Bonchev–Trinajstić information content (AvgIpc) is 2.62. The third-order valence-corrected chi connectivity index (χ3v) is 3.86. The summed E-state index contributed by atoms with van der Waals surface area (Å²) < 4.78 is 8.13. The van der Waals surface area contributed by atoms with E-state index in [1.807, 2.05) is 14.0 Å². The second-order valence-corrected chi connectivity index (χ2v) is 5.16. The Morgan fingerprint density at radius 3 is 2.70 bits per heavy atom. The number of ether oxygens (including phenoxy) is 1. The largest absolute Gasteiger partial charge is 0.485 e. The number of aryl methyl sites for hydroxylation is 3. The molecule has 0 saturated heterocycles. The molecule has 0 amide bonds. The Labute approximate surface area is 124 Å². The molecule has 2 aromatic rings. The summed E-state index contributed by atoms with van der Waals surface area (Å²) in [7, 11) is 1.81. The Kier molecular flexibility index (Phi) is 4.08. The molecule has 0 saturated carbocycles. The van der Waals surface area contributed by atoms with Gasteiger partial charge in [-0.25, -0.2) is 9.78 Å². The number of nitrogens with zero attached hydrogens (tertiary/aromatic N) is 3. The highest BCUT2D eigenvalue weighted by atomic mass is 79.9. The van der Waals surface area contributed by atoms with Crippen molar-refractivity contribution in [2.75, 3.05) is 0 Å². The summed E-state index contributed by atoms with van der Waals surface area (Å²) >= 11 is 3.44. The Morgan fingerprint density at radius 2 is 2.15 bits per heavy atom. The highest BCUT2D eigenvalue weighted by molar-refractivity contribution is 9.10. The van der Waals surface area contributed by atoms with Crippen molar-refractivity contribution in [1.29, 1.82) is 0 Å². The van der Waals surface area contributed by atoms with Crippen LogP contribution in [0.5, 0.6) is 5.75 Å². The van der Waals surface area contributed by atoms with Gasteiger partial charge in [0.2, 0.25) is 0 Å². The van der Waals surface area contributed by atoms with Crippen LogP contribution in [-0.2, 0) is 13.7 Å². The van der Waals surface area contributed by atoms with E-state index in [1.54, 1.807) is 23.7 Å². The fourth-order valence-electron chi connectivity index (χ4n) is 1.80. The molecule has 0 atom stereocenters. The van der Waals surface area contributed by atoms with E-state index < -0.39 is 5.97 Å². The molecule has 2 aromatic heterocycles. The fourth-order valence-corrected chi connectivity index (χ4v) is 2.25. The van der Waals surface area contributed by atoms with E-state index in [-0.39, 0.29) is 18.1 Å². The maximum absolute atomic E-state index is 11.2. The lowest BCUT2D eigenvalue weighted by molar-refractivity contribution is 0.0684. The van der Waals surface area contributed by atoms with Crippen LogP contribution in [0.1, 0.15) is 27.6 Å². The van der Waals surface area contributed by atoms with Crippen LogP contribution in [0.2, 0.25) is 0 Å². The fraction of sp³-hybridized carbons (Fsp3) is 0.308. The molecule has 1 N–H and O–H groups in total. The van der Waals surface area contributed by atoms with E-state index in [2.05, 4.69) is 26.0 Å². The van der Waals surface area contributed by atoms with Gasteiger partial charge in [0.05, 0.1) is 15.9 Å². The molecule has 0 aliphatic rings. The van der Waals surface area contributed by atoms with Gasteiger partial charge in [0, 0.05) is 12.7 Å². The van der Waals surface area contributed by atoms with Crippen LogP contribution in [0, 0.1) is 13.8 Å². The van der Waals surface area contributed by atoms with Gasteiger partial charge in [-0.3, -0.25) is 4.68 Å². The molecule has 0 spiro atoms.